The van der Waals surface area contributed by atoms with Crippen LogP contribution in [0.5, 0.6) is 0 Å². The molecule has 150 valence electrons. The van der Waals surface area contributed by atoms with Gasteiger partial charge in [-0.3, -0.25) is 14.8 Å². The molecular weight excluding hydrogens is 352 g/mol. The van der Waals surface area contributed by atoms with E-state index in [0.717, 1.165) is 69.1 Å². The van der Waals surface area contributed by atoms with E-state index in [2.05, 4.69) is 22.0 Å². The van der Waals surface area contributed by atoms with Crippen molar-refractivity contribution in [3.05, 3.63) is 41.6 Å². The Kier molecular flexibility index (Phi) is 5.78. The zero-order valence-electron chi connectivity index (χ0n) is 16.9. The predicted molar refractivity (Wildman–Crippen MR) is 109 cm³/mol. The second-order valence-electron chi connectivity index (χ2n) is 7.96. The fourth-order valence-corrected chi connectivity index (χ4v) is 4.51. The molecule has 6 heteroatoms. The predicted octanol–water partition coefficient (Wildman–Crippen LogP) is 2.96. The molecule has 1 aromatic carbocycles. The lowest BCUT2D eigenvalue weighted by Gasteiger charge is -2.41. The number of aromatic nitrogens is 2. The molecule has 3 heterocycles. The maximum absolute atomic E-state index is 13.1. The van der Waals surface area contributed by atoms with Crippen LogP contribution in [-0.4, -0.2) is 71.3 Å². The van der Waals surface area contributed by atoms with Crippen LogP contribution in [0.2, 0.25) is 0 Å². The lowest BCUT2D eigenvalue weighted by Crippen LogP contribution is -2.49. The fraction of sp³-hybridized carbons (Fsp3) is 0.545. The number of likely N-dealkylation sites (tertiary alicyclic amines) is 1. The van der Waals surface area contributed by atoms with Gasteiger partial charge in [0, 0.05) is 43.3 Å². The summed E-state index contributed by atoms with van der Waals surface area (Å²) >= 11 is 0. The van der Waals surface area contributed by atoms with Crippen LogP contribution >= 0.6 is 0 Å². The molecule has 4 rings (SSSR count). The summed E-state index contributed by atoms with van der Waals surface area (Å²) in [5, 5.41) is 7.41. The summed E-state index contributed by atoms with van der Waals surface area (Å²) in [5.41, 5.74) is 3.45. The third-order valence-corrected chi connectivity index (χ3v) is 6.40. The van der Waals surface area contributed by atoms with E-state index in [1.165, 1.54) is 0 Å². The van der Waals surface area contributed by atoms with Gasteiger partial charge in [0.05, 0.1) is 18.9 Å². The highest BCUT2D eigenvalue weighted by Gasteiger charge is 2.31. The van der Waals surface area contributed by atoms with Crippen molar-refractivity contribution >= 4 is 5.91 Å². The molecule has 2 aromatic rings. The first-order valence-electron chi connectivity index (χ1n) is 10.4. The second kappa shape index (κ2) is 8.45. The number of rotatable bonds is 4. The Balaban J connectivity index is 1.38. The van der Waals surface area contributed by atoms with Crippen molar-refractivity contribution in [1.82, 2.24) is 20.0 Å². The molecule has 0 saturated carbocycles. The van der Waals surface area contributed by atoms with E-state index >= 15 is 0 Å². The van der Waals surface area contributed by atoms with Crippen LogP contribution in [0.4, 0.5) is 0 Å². The maximum Gasteiger partial charge on any atom is 0.272 e. The van der Waals surface area contributed by atoms with Crippen molar-refractivity contribution in [2.24, 2.45) is 5.92 Å². The van der Waals surface area contributed by atoms with Crippen LogP contribution in [-0.2, 0) is 4.74 Å². The summed E-state index contributed by atoms with van der Waals surface area (Å²) in [6, 6.07) is 10.6. The minimum absolute atomic E-state index is 0.0738. The van der Waals surface area contributed by atoms with Crippen molar-refractivity contribution in [3.8, 4) is 11.3 Å². The lowest BCUT2D eigenvalue weighted by molar-refractivity contribution is -0.000990. The van der Waals surface area contributed by atoms with Gasteiger partial charge in [-0.25, -0.2) is 0 Å². The summed E-state index contributed by atoms with van der Waals surface area (Å²) in [6.07, 6.45) is 2.12. The number of nitrogens with one attached hydrogen (secondary N) is 1. The Morgan fingerprint density at radius 3 is 2.50 bits per heavy atom. The molecular formula is C22H30N4O2. The molecule has 1 amide bonds. The van der Waals surface area contributed by atoms with Gasteiger partial charge in [-0.05, 0) is 32.6 Å². The van der Waals surface area contributed by atoms with E-state index in [9.17, 15) is 4.79 Å². The highest BCUT2D eigenvalue weighted by Crippen LogP contribution is 2.27. The van der Waals surface area contributed by atoms with Crippen LogP contribution in [0.15, 0.2) is 30.3 Å². The average molecular weight is 383 g/mol. The van der Waals surface area contributed by atoms with Crippen molar-refractivity contribution < 1.29 is 9.53 Å². The first-order valence-corrected chi connectivity index (χ1v) is 10.4. The number of hydrogen-bond acceptors (Lipinski definition) is 4. The van der Waals surface area contributed by atoms with Crippen LogP contribution in [0.25, 0.3) is 11.3 Å². The number of carbonyl (C=O) groups is 1. The van der Waals surface area contributed by atoms with Gasteiger partial charge in [0.2, 0.25) is 0 Å². The van der Waals surface area contributed by atoms with Gasteiger partial charge in [0.15, 0.2) is 0 Å². The summed E-state index contributed by atoms with van der Waals surface area (Å²) in [4.78, 5) is 17.6. The lowest BCUT2D eigenvalue weighted by atomic mass is 9.89. The number of H-pyrrole nitrogens is 1. The number of piperidine rings is 1. The number of morpholine rings is 1. The van der Waals surface area contributed by atoms with E-state index in [1.807, 2.05) is 42.2 Å². The molecule has 2 saturated heterocycles. The Labute approximate surface area is 166 Å². The SMILES string of the molecule is Cc1c(-c2ccccc2)n[nH]c1C(=O)N1CCC(C(C)N2CCOCC2)CC1. The highest BCUT2D eigenvalue weighted by atomic mass is 16.5. The third kappa shape index (κ3) is 3.84. The number of hydrogen-bond donors (Lipinski definition) is 1. The molecule has 0 bridgehead atoms. The quantitative estimate of drug-likeness (QED) is 0.883. The molecule has 0 spiro atoms. The van der Waals surface area contributed by atoms with Crippen molar-refractivity contribution in [3.63, 3.8) is 0 Å². The van der Waals surface area contributed by atoms with Gasteiger partial charge < -0.3 is 9.64 Å². The van der Waals surface area contributed by atoms with Crippen LogP contribution in [0.1, 0.15) is 35.8 Å². The highest BCUT2D eigenvalue weighted by molar-refractivity contribution is 5.95. The monoisotopic (exact) mass is 382 g/mol. The first kappa shape index (κ1) is 19.2. The zero-order valence-corrected chi connectivity index (χ0v) is 16.9. The largest absolute Gasteiger partial charge is 0.379 e. The normalized spacial score (nSPS) is 20.3. The van der Waals surface area contributed by atoms with Gasteiger partial charge >= 0.3 is 0 Å². The molecule has 2 aliphatic heterocycles. The number of amides is 1. The number of aromatic amines is 1. The Bertz CT molecular complexity index is 790. The van der Waals surface area contributed by atoms with E-state index in [4.69, 9.17) is 4.74 Å². The third-order valence-electron chi connectivity index (χ3n) is 6.40. The Morgan fingerprint density at radius 2 is 1.82 bits per heavy atom. The Morgan fingerprint density at radius 1 is 1.14 bits per heavy atom. The summed E-state index contributed by atoms with van der Waals surface area (Å²) in [5.74, 6) is 0.717. The van der Waals surface area contributed by atoms with Crippen LogP contribution < -0.4 is 0 Å². The van der Waals surface area contributed by atoms with E-state index in [-0.39, 0.29) is 5.91 Å². The minimum atomic E-state index is 0.0738. The number of carbonyl (C=O) groups excluding carboxylic acids is 1. The van der Waals surface area contributed by atoms with Crippen LogP contribution in [0.3, 0.4) is 0 Å². The molecule has 2 fully saturated rings. The number of nitrogens with zero attached hydrogens (tertiary/aromatic N) is 3. The molecule has 0 aliphatic carbocycles. The number of benzene rings is 1. The molecule has 1 aromatic heterocycles. The molecule has 2 aliphatic rings. The van der Waals surface area contributed by atoms with Crippen molar-refractivity contribution in [1.29, 1.82) is 0 Å². The van der Waals surface area contributed by atoms with Crippen molar-refractivity contribution in [2.45, 2.75) is 32.7 Å². The molecule has 6 nitrogen and oxygen atoms in total. The van der Waals surface area contributed by atoms with E-state index in [1.54, 1.807) is 0 Å². The summed E-state index contributed by atoms with van der Waals surface area (Å²) in [7, 11) is 0. The minimum Gasteiger partial charge on any atom is -0.379 e. The molecule has 28 heavy (non-hydrogen) atoms. The Hall–Kier alpha value is -2.18. The van der Waals surface area contributed by atoms with Gasteiger partial charge in [0.25, 0.3) is 5.91 Å². The van der Waals surface area contributed by atoms with Gasteiger partial charge in [-0.15, -0.1) is 0 Å². The number of ether oxygens (including phenoxy) is 1. The average Bonchev–Trinajstić information content (AvgIpc) is 3.15. The molecule has 0 radical (unpaired) electrons. The van der Waals surface area contributed by atoms with E-state index < -0.39 is 0 Å². The first-order chi connectivity index (χ1) is 13.6. The van der Waals surface area contributed by atoms with Gasteiger partial charge in [0.1, 0.15) is 5.69 Å². The molecule has 1 unspecified atom stereocenters. The van der Waals surface area contributed by atoms with E-state index in [0.29, 0.717) is 17.7 Å². The van der Waals surface area contributed by atoms with Crippen LogP contribution in [0, 0.1) is 12.8 Å². The van der Waals surface area contributed by atoms with Gasteiger partial charge in [-0.1, -0.05) is 30.3 Å². The van der Waals surface area contributed by atoms with Crippen molar-refractivity contribution in [2.75, 3.05) is 39.4 Å². The summed E-state index contributed by atoms with van der Waals surface area (Å²) < 4.78 is 5.48. The van der Waals surface area contributed by atoms with Gasteiger partial charge in [-0.2, -0.15) is 5.10 Å². The topological polar surface area (TPSA) is 61.5 Å². The smallest absolute Gasteiger partial charge is 0.272 e. The maximum atomic E-state index is 13.1. The molecule has 1 atom stereocenters. The second-order valence-corrected chi connectivity index (χ2v) is 7.96. The fourth-order valence-electron chi connectivity index (χ4n) is 4.51. The summed E-state index contributed by atoms with van der Waals surface area (Å²) in [6.45, 7) is 9.67. The standard InChI is InChI=1S/C22H30N4O2/c1-16-20(19-6-4-3-5-7-19)23-24-21(16)22(27)26-10-8-18(9-11-26)17(2)25-12-14-28-15-13-25/h3-7,17-18H,8-15H2,1-2H3,(H,23,24). The molecule has 1 N–H and O–H groups in total. The zero-order chi connectivity index (χ0) is 19.5.